The molecule has 0 aromatic carbocycles. The van der Waals surface area contributed by atoms with Crippen molar-refractivity contribution < 1.29 is 4.79 Å². The van der Waals surface area contributed by atoms with Crippen molar-refractivity contribution in [3.8, 4) is 0 Å². The first-order chi connectivity index (χ1) is 6.58. The van der Waals surface area contributed by atoms with Gasteiger partial charge in [-0.25, -0.2) is 4.68 Å². The first-order valence-electron chi connectivity index (χ1n) is 4.19. The Labute approximate surface area is 89.2 Å². The number of amides is 1. The molecule has 7 heteroatoms. The highest BCUT2D eigenvalue weighted by atomic mass is 79.9. The summed E-state index contributed by atoms with van der Waals surface area (Å²) >= 11 is 3.40. The maximum Gasteiger partial charge on any atom is 0.241 e. The van der Waals surface area contributed by atoms with Crippen molar-refractivity contribution in [3.63, 3.8) is 0 Å². The lowest BCUT2D eigenvalue weighted by atomic mass is 10.4. The summed E-state index contributed by atoms with van der Waals surface area (Å²) in [5, 5.41) is 3.89. The number of aryl methyl sites for hydroxylation is 1. The Balaban J connectivity index is 2.31. The molecule has 1 aliphatic rings. The van der Waals surface area contributed by atoms with Gasteiger partial charge in [0.2, 0.25) is 17.8 Å². The van der Waals surface area contributed by atoms with Gasteiger partial charge in [-0.2, -0.15) is 4.98 Å². The van der Waals surface area contributed by atoms with Crippen LogP contribution in [-0.2, 0) is 11.8 Å². The number of rotatable bonds is 1. The summed E-state index contributed by atoms with van der Waals surface area (Å²) in [7, 11) is 1.72. The first-order valence-corrected chi connectivity index (χ1v) is 5.10. The zero-order valence-corrected chi connectivity index (χ0v) is 9.23. The topological polar surface area (TPSA) is 77.0 Å². The van der Waals surface area contributed by atoms with E-state index in [-0.39, 0.29) is 16.7 Å². The number of carbonyl (C=O) groups is 1. The average Bonchev–Trinajstić information content (AvgIpc) is 2.55. The van der Waals surface area contributed by atoms with Crippen LogP contribution in [0.4, 0.5) is 11.9 Å². The lowest BCUT2D eigenvalue weighted by molar-refractivity contribution is -0.117. The zero-order valence-electron chi connectivity index (χ0n) is 7.64. The first kappa shape index (κ1) is 9.45. The quantitative estimate of drug-likeness (QED) is 0.715. The molecule has 2 heterocycles. The number of nitrogen functional groups attached to an aromatic ring is 1. The Morgan fingerprint density at radius 1 is 1.64 bits per heavy atom. The normalized spacial score (nSPS) is 22.0. The van der Waals surface area contributed by atoms with Crippen molar-refractivity contribution in [3.05, 3.63) is 0 Å². The summed E-state index contributed by atoms with van der Waals surface area (Å²) in [5.41, 5.74) is 5.43. The van der Waals surface area contributed by atoms with Crippen LogP contribution < -0.4 is 10.6 Å². The molecule has 2 rings (SSSR count). The van der Waals surface area contributed by atoms with Gasteiger partial charge >= 0.3 is 0 Å². The Kier molecular flexibility index (Phi) is 2.18. The van der Waals surface area contributed by atoms with Crippen molar-refractivity contribution in [1.29, 1.82) is 0 Å². The van der Waals surface area contributed by atoms with Crippen molar-refractivity contribution in [2.75, 3.05) is 17.2 Å². The van der Waals surface area contributed by atoms with Gasteiger partial charge < -0.3 is 5.73 Å². The SMILES string of the molecule is Cn1nc(N)nc1N1CC(Br)CC1=O. The van der Waals surface area contributed by atoms with Crippen molar-refractivity contribution >= 4 is 33.7 Å². The molecule has 1 atom stereocenters. The van der Waals surface area contributed by atoms with Gasteiger partial charge in [0.1, 0.15) is 0 Å². The van der Waals surface area contributed by atoms with E-state index in [0.29, 0.717) is 18.9 Å². The molecule has 6 nitrogen and oxygen atoms in total. The van der Waals surface area contributed by atoms with Crippen LogP contribution in [0.3, 0.4) is 0 Å². The molecule has 14 heavy (non-hydrogen) atoms. The molecule has 0 radical (unpaired) electrons. The average molecular weight is 260 g/mol. The minimum Gasteiger partial charge on any atom is -0.366 e. The van der Waals surface area contributed by atoms with Crippen LogP contribution in [0.15, 0.2) is 0 Å². The third kappa shape index (κ3) is 1.47. The number of halogens is 1. The van der Waals surface area contributed by atoms with Gasteiger partial charge in [-0.3, -0.25) is 9.69 Å². The fourth-order valence-corrected chi connectivity index (χ4v) is 2.05. The van der Waals surface area contributed by atoms with Crippen LogP contribution >= 0.6 is 15.9 Å². The number of alkyl halides is 1. The van der Waals surface area contributed by atoms with E-state index in [4.69, 9.17) is 5.73 Å². The number of carbonyl (C=O) groups excluding carboxylic acids is 1. The summed E-state index contributed by atoms with van der Waals surface area (Å²) in [4.78, 5) is 17.3. The maximum atomic E-state index is 11.5. The Morgan fingerprint density at radius 2 is 2.36 bits per heavy atom. The molecule has 0 aliphatic carbocycles. The summed E-state index contributed by atoms with van der Waals surface area (Å²) in [6.07, 6.45) is 0.493. The summed E-state index contributed by atoms with van der Waals surface area (Å²) in [5.74, 6) is 0.741. The van der Waals surface area contributed by atoms with E-state index in [9.17, 15) is 4.79 Å². The molecule has 0 spiro atoms. The lowest BCUT2D eigenvalue weighted by Gasteiger charge is -2.12. The van der Waals surface area contributed by atoms with Gasteiger partial charge in [0.25, 0.3) is 0 Å². The summed E-state index contributed by atoms with van der Waals surface area (Å²) in [6.45, 7) is 0.616. The molecule has 1 aromatic rings. The fourth-order valence-electron chi connectivity index (χ4n) is 1.49. The number of aromatic nitrogens is 3. The van der Waals surface area contributed by atoms with Crippen LogP contribution in [0.5, 0.6) is 0 Å². The van der Waals surface area contributed by atoms with Crippen LogP contribution in [0.25, 0.3) is 0 Å². The standard InChI is InChI=1S/C7H10BrN5O/c1-12-7(10-6(9)11-12)13-3-4(8)2-5(13)14/h4H,2-3H2,1H3,(H2,9,11). The second-order valence-electron chi connectivity index (χ2n) is 3.20. The van der Waals surface area contributed by atoms with Crippen LogP contribution in [-0.4, -0.2) is 32.0 Å². The molecule has 0 bridgehead atoms. The van der Waals surface area contributed by atoms with Crippen LogP contribution in [0.2, 0.25) is 0 Å². The summed E-state index contributed by atoms with van der Waals surface area (Å²) in [6, 6.07) is 0. The molecule has 1 aromatic heterocycles. The van der Waals surface area contributed by atoms with E-state index in [1.807, 2.05) is 0 Å². The number of hydrogen-bond acceptors (Lipinski definition) is 4. The molecule has 76 valence electrons. The third-order valence-corrected chi connectivity index (χ3v) is 2.69. The molecular formula is C7H10BrN5O. The number of nitrogens with zero attached hydrogens (tertiary/aromatic N) is 4. The van der Waals surface area contributed by atoms with Crippen molar-refractivity contribution in [1.82, 2.24) is 14.8 Å². The highest BCUT2D eigenvalue weighted by Gasteiger charge is 2.31. The highest BCUT2D eigenvalue weighted by Crippen LogP contribution is 2.23. The van der Waals surface area contributed by atoms with E-state index < -0.39 is 0 Å². The van der Waals surface area contributed by atoms with Crippen molar-refractivity contribution in [2.24, 2.45) is 7.05 Å². The predicted octanol–water partition coefficient (Wildman–Crippen LogP) is -0.103. The molecule has 1 unspecified atom stereocenters. The molecular weight excluding hydrogens is 250 g/mol. The van der Waals surface area contributed by atoms with E-state index in [0.717, 1.165) is 0 Å². The second kappa shape index (κ2) is 3.23. The number of anilines is 2. The molecule has 1 amide bonds. The molecule has 1 fully saturated rings. The van der Waals surface area contributed by atoms with Gasteiger partial charge in [0.05, 0.1) is 0 Å². The van der Waals surface area contributed by atoms with Gasteiger partial charge in [-0.05, 0) is 0 Å². The summed E-state index contributed by atoms with van der Waals surface area (Å²) < 4.78 is 1.51. The van der Waals surface area contributed by atoms with E-state index in [1.165, 1.54) is 4.68 Å². The van der Waals surface area contributed by atoms with Gasteiger partial charge in [0, 0.05) is 24.8 Å². The van der Waals surface area contributed by atoms with E-state index >= 15 is 0 Å². The molecule has 1 saturated heterocycles. The Morgan fingerprint density at radius 3 is 2.79 bits per heavy atom. The minimum atomic E-state index is 0.0439. The molecule has 0 saturated carbocycles. The maximum absolute atomic E-state index is 11.5. The lowest BCUT2D eigenvalue weighted by Crippen LogP contribution is -2.27. The number of nitrogens with two attached hydrogens (primary N) is 1. The largest absolute Gasteiger partial charge is 0.366 e. The van der Waals surface area contributed by atoms with E-state index in [1.54, 1.807) is 11.9 Å². The monoisotopic (exact) mass is 259 g/mol. The second-order valence-corrected chi connectivity index (χ2v) is 4.49. The number of hydrogen-bond donors (Lipinski definition) is 1. The predicted molar refractivity (Wildman–Crippen MR) is 55.1 cm³/mol. The smallest absolute Gasteiger partial charge is 0.241 e. The Bertz CT molecular complexity index is 376. The van der Waals surface area contributed by atoms with E-state index in [2.05, 4.69) is 26.0 Å². The van der Waals surface area contributed by atoms with Gasteiger partial charge in [0.15, 0.2) is 0 Å². The van der Waals surface area contributed by atoms with Gasteiger partial charge in [-0.15, -0.1) is 5.10 Å². The minimum absolute atomic E-state index is 0.0439. The molecule has 1 aliphatic heterocycles. The highest BCUT2D eigenvalue weighted by molar-refractivity contribution is 9.09. The van der Waals surface area contributed by atoms with Crippen LogP contribution in [0.1, 0.15) is 6.42 Å². The van der Waals surface area contributed by atoms with Crippen molar-refractivity contribution in [2.45, 2.75) is 11.2 Å². The van der Waals surface area contributed by atoms with Gasteiger partial charge in [-0.1, -0.05) is 15.9 Å². The zero-order chi connectivity index (χ0) is 10.3. The molecule has 2 N–H and O–H groups in total. The van der Waals surface area contributed by atoms with Crippen LogP contribution in [0, 0.1) is 0 Å². The fraction of sp³-hybridized carbons (Fsp3) is 0.571. The third-order valence-electron chi connectivity index (χ3n) is 2.08. The Hall–Kier alpha value is -1.11.